The summed E-state index contributed by atoms with van der Waals surface area (Å²) in [4.78, 5) is 2.62. The molecule has 118 valence electrons. The van der Waals surface area contributed by atoms with Gasteiger partial charge in [-0.05, 0) is 51.1 Å². The van der Waals surface area contributed by atoms with Crippen LogP contribution < -0.4 is 5.32 Å². The maximum atomic E-state index is 9.14. The van der Waals surface area contributed by atoms with Crippen molar-refractivity contribution >= 4 is 0 Å². The first kappa shape index (κ1) is 16.2. The highest BCUT2D eigenvalue weighted by Gasteiger charge is 2.35. The van der Waals surface area contributed by atoms with E-state index in [2.05, 4.69) is 17.1 Å². The summed E-state index contributed by atoms with van der Waals surface area (Å²) < 4.78 is 5.79. The van der Waals surface area contributed by atoms with Gasteiger partial charge in [0.05, 0.1) is 6.61 Å². The minimum atomic E-state index is 0.301. The number of nitrogens with one attached hydrogen (secondary N) is 1. The molecule has 2 aliphatic heterocycles. The Bertz CT molecular complexity index is 265. The lowest BCUT2D eigenvalue weighted by Crippen LogP contribution is -2.51. The zero-order valence-corrected chi connectivity index (χ0v) is 13.1. The number of piperidine rings is 1. The van der Waals surface area contributed by atoms with Crippen molar-refractivity contribution < 1.29 is 9.84 Å². The minimum Gasteiger partial charge on any atom is -0.396 e. The van der Waals surface area contributed by atoms with Crippen LogP contribution in [0.1, 0.15) is 39.0 Å². The highest BCUT2D eigenvalue weighted by molar-refractivity contribution is 4.88. The van der Waals surface area contributed by atoms with Crippen LogP contribution in [-0.4, -0.2) is 62.6 Å². The number of hydrogen-bond donors (Lipinski definition) is 2. The second kappa shape index (κ2) is 8.32. The Balaban J connectivity index is 1.89. The van der Waals surface area contributed by atoms with Gasteiger partial charge < -0.3 is 20.1 Å². The fourth-order valence-corrected chi connectivity index (χ4v) is 3.81. The number of nitrogens with zero attached hydrogens (tertiary/aromatic N) is 1. The topological polar surface area (TPSA) is 44.7 Å². The van der Waals surface area contributed by atoms with E-state index in [0.717, 1.165) is 45.8 Å². The molecule has 0 aromatic carbocycles. The molecule has 2 saturated heterocycles. The van der Waals surface area contributed by atoms with E-state index < -0.39 is 0 Å². The third-order valence-electron chi connectivity index (χ3n) is 4.85. The molecular weight excluding hydrogens is 252 g/mol. The molecular formula is C16H32N2O2. The fraction of sp³-hybridized carbons (Fsp3) is 1.00. The van der Waals surface area contributed by atoms with Crippen LogP contribution in [0.25, 0.3) is 0 Å². The van der Waals surface area contributed by atoms with Crippen molar-refractivity contribution in [1.29, 1.82) is 0 Å². The molecule has 4 nitrogen and oxygen atoms in total. The summed E-state index contributed by atoms with van der Waals surface area (Å²) in [5.74, 6) is 0.689. The molecule has 0 aromatic heterocycles. The molecule has 0 amide bonds. The van der Waals surface area contributed by atoms with Gasteiger partial charge in [0.1, 0.15) is 0 Å². The second-order valence-electron chi connectivity index (χ2n) is 6.69. The van der Waals surface area contributed by atoms with E-state index in [4.69, 9.17) is 9.84 Å². The quantitative estimate of drug-likeness (QED) is 0.743. The first-order valence-electron chi connectivity index (χ1n) is 8.40. The zero-order valence-electron chi connectivity index (χ0n) is 13.1. The normalized spacial score (nSPS) is 32.4. The van der Waals surface area contributed by atoms with Gasteiger partial charge in [-0.25, -0.2) is 0 Å². The Morgan fingerprint density at radius 1 is 1.40 bits per heavy atom. The van der Waals surface area contributed by atoms with Gasteiger partial charge in [0.15, 0.2) is 0 Å². The molecule has 2 N–H and O–H groups in total. The number of aliphatic hydroxyl groups is 1. The predicted octanol–water partition coefficient (Wildman–Crippen LogP) is 1.49. The van der Waals surface area contributed by atoms with Crippen LogP contribution in [0.5, 0.6) is 0 Å². The van der Waals surface area contributed by atoms with Crippen molar-refractivity contribution in [2.45, 2.75) is 39.0 Å². The Hall–Kier alpha value is -0.160. The van der Waals surface area contributed by atoms with Crippen molar-refractivity contribution in [3.05, 3.63) is 0 Å². The maximum absolute atomic E-state index is 9.14. The molecule has 2 unspecified atom stereocenters. The summed E-state index contributed by atoms with van der Waals surface area (Å²) in [5.41, 5.74) is 0.301. The highest BCUT2D eigenvalue weighted by atomic mass is 16.5. The number of likely N-dealkylation sites (tertiary alicyclic amines) is 1. The summed E-state index contributed by atoms with van der Waals surface area (Å²) in [7, 11) is 0. The summed E-state index contributed by atoms with van der Waals surface area (Å²) in [6, 6.07) is 0. The Morgan fingerprint density at radius 3 is 3.00 bits per heavy atom. The molecule has 2 heterocycles. The standard InChI is InChI=1S/C16H32N2O2/c1-2-17-12-16(7-4-10-20-14-16)13-18-8-3-5-15(11-18)6-9-19/h15,17,19H,2-14H2,1H3. The van der Waals surface area contributed by atoms with E-state index in [9.17, 15) is 0 Å². The van der Waals surface area contributed by atoms with Crippen LogP contribution in [0.2, 0.25) is 0 Å². The summed E-state index contributed by atoms with van der Waals surface area (Å²) in [5, 5.41) is 12.7. The van der Waals surface area contributed by atoms with Crippen LogP contribution in [-0.2, 0) is 4.74 Å². The number of rotatable bonds is 7. The lowest BCUT2D eigenvalue weighted by molar-refractivity contribution is -0.0324. The minimum absolute atomic E-state index is 0.301. The molecule has 0 aliphatic carbocycles. The van der Waals surface area contributed by atoms with Crippen molar-refractivity contribution in [2.24, 2.45) is 11.3 Å². The van der Waals surface area contributed by atoms with Crippen LogP contribution in [0.3, 0.4) is 0 Å². The zero-order chi connectivity index (χ0) is 14.3. The molecule has 2 atom stereocenters. The summed E-state index contributed by atoms with van der Waals surface area (Å²) in [6.07, 6.45) is 6.00. The predicted molar refractivity (Wildman–Crippen MR) is 81.9 cm³/mol. The smallest absolute Gasteiger partial charge is 0.0546 e. The lowest BCUT2D eigenvalue weighted by Gasteiger charge is -2.43. The van der Waals surface area contributed by atoms with Gasteiger partial charge in [-0.15, -0.1) is 0 Å². The Kier molecular flexibility index (Phi) is 6.75. The maximum Gasteiger partial charge on any atom is 0.0546 e. The first-order valence-corrected chi connectivity index (χ1v) is 8.40. The van der Waals surface area contributed by atoms with Crippen molar-refractivity contribution in [1.82, 2.24) is 10.2 Å². The van der Waals surface area contributed by atoms with Gasteiger partial charge in [0.25, 0.3) is 0 Å². The van der Waals surface area contributed by atoms with Crippen molar-refractivity contribution in [3.63, 3.8) is 0 Å². The monoisotopic (exact) mass is 284 g/mol. The molecule has 2 aliphatic rings. The average Bonchev–Trinajstić information content (AvgIpc) is 2.47. The Morgan fingerprint density at radius 2 is 2.30 bits per heavy atom. The SMILES string of the molecule is CCNCC1(CN2CCCC(CCO)C2)CCCOC1. The number of ether oxygens (including phenoxy) is 1. The van der Waals surface area contributed by atoms with Gasteiger partial charge >= 0.3 is 0 Å². The number of hydrogen-bond acceptors (Lipinski definition) is 4. The molecule has 0 radical (unpaired) electrons. The fourth-order valence-electron chi connectivity index (χ4n) is 3.81. The first-order chi connectivity index (χ1) is 9.78. The molecule has 0 aromatic rings. The Labute approximate surface area is 123 Å². The largest absolute Gasteiger partial charge is 0.396 e. The van der Waals surface area contributed by atoms with Crippen LogP contribution in [0.4, 0.5) is 0 Å². The van der Waals surface area contributed by atoms with Crippen molar-refractivity contribution in [2.75, 3.05) is 52.5 Å². The lowest BCUT2D eigenvalue weighted by atomic mass is 9.80. The van der Waals surface area contributed by atoms with Crippen LogP contribution in [0.15, 0.2) is 0 Å². The second-order valence-corrected chi connectivity index (χ2v) is 6.69. The number of aliphatic hydroxyl groups excluding tert-OH is 1. The van der Waals surface area contributed by atoms with Gasteiger partial charge in [0, 0.05) is 38.3 Å². The molecule has 0 spiro atoms. The van der Waals surface area contributed by atoms with Crippen LogP contribution >= 0.6 is 0 Å². The average molecular weight is 284 g/mol. The van der Waals surface area contributed by atoms with Gasteiger partial charge in [-0.1, -0.05) is 6.92 Å². The third-order valence-corrected chi connectivity index (χ3v) is 4.85. The molecule has 20 heavy (non-hydrogen) atoms. The summed E-state index contributed by atoms with van der Waals surface area (Å²) >= 11 is 0. The van der Waals surface area contributed by atoms with Gasteiger partial charge in [-0.3, -0.25) is 0 Å². The van der Waals surface area contributed by atoms with Gasteiger partial charge in [0.2, 0.25) is 0 Å². The van der Waals surface area contributed by atoms with E-state index >= 15 is 0 Å². The van der Waals surface area contributed by atoms with Crippen LogP contribution in [0, 0.1) is 11.3 Å². The van der Waals surface area contributed by atoms with E-state index in [1.165, 1.54) is 32.2 Å². The molecule has 2 rings (SSSR count). The van der Waals surface area contributed by atoms with Crippen molar-refractivity contribution in [3.8, 4) is 0 Å². The van der Waals surface area contributed by atoms with E-state index in [0.29, 0.717) is 17.9 Å². The molecule has 4 heteroatoms. The van der Waals surface area contributed by atoms with E-state index in [-0.39, 0.29) is 0 Å². The summed E-state index contributed by atoms with van der Waals surface area (Å²) in [6.45, 7) is 9.99. The highest BCUT2D eigenvalue weighted by Crippen LogP contribution is 2.31. The molecule has 2 fully saturated rings. The van der Waals surface area contributed by atoms with E-state index in [1.54, 1.807) is 0 Å². The molecule has 0 bridgehead atoms. The van der Waals surface area contributed by atoms with Gasteiger partial charge in [-0.2, -0.15) is 0 Å². The third kappa shape index (κ3) is 4.69. The molecule has 0 saturated carbocycles. The van der Waals surface area contributed by atoms with E-state index in [1.807, 2.05) is 0 Å².